The molecule has 3 rings (SSSR count). The van der Waals surface area contributed by atoms with Crippen LogP contribution in [0.5, 0.6) is 0 Å². The molecular formula is C19H23FN4O4S. The molecule has 0 saturated heterocycles. The predicted octanol–water partition coefficient (Wildman–Crippen LogP) is 0.912. The van der Waals surface area contributed by atoms with Gasteiger partial charge in [0.2, 0.25) is 15.9 Å². The minimum Gasteiger partial charge on any atom is -0.326 e. The van der Waals surface area contributed by atoms with Crippen molar-refractivity contribution in [2.75, 3.05) is 18.6 Å². The molecule has 2 aromatic rings. The van der Waals surface area contributed by atoms with E-state index in [4.69, 9.17) is 5.73 Å². The second-order valence-electron chi connectivity index (χ2n) is 7.24. The number of nitrogens with zero attached hydrogens (tertiary/aromatic N) is 2. The van der Waals surface area contributed by atoms with Gasteiger partial charge in [-0.2, -0.15) is 0 Å². The third kappa shape index (κ3) is 4.55. The van der Waals surface area contributed by atoms with Gasteiger partial charge >= 0.3 is 0 Å². The van der Waals surface area contributed by atoms with E-state index in [0.29, 0.717) is 12.1 Å². The highest BCUT2D eigenvalue weighted by molar-refractivity contribution is 7.88. The van der Waals surface area contributed by atoms with E-state index in [2.05, 4.69) is 5.32 Å². The highest BCUT2D eigenvalue weighted by Crippen LogP contribution is 2.30. The number of carbonyl (C=O) groups is 1. The fraction of sp³-hybridized carbons (Fsp3) is 0.368. The van der Waals surface area contributed by atoms with Gasteiger partial charge in [0.25, 0.3) is 5.56 Å². The average molecular weight is 422 g/mol. The zero-order chi connectivity index (χ0) is 21.3. The molecule has 1 saturated carbocycles. The smallest absolute Gasteiger partial charge is 0.255 e. The average Bonchev–Trinajstić information content (AvgIpc) is 3.04. The van der Waals surface area contributed by atoms with Crippen LogP contribution in [0.2, 0.25) is 0 Å². The normalized spacial score (nSPS) is 22.0. The molecular weight excluding hydrogens is 399 g/mol. The van der Waals surface area contributed by atoms with Crippen LogP contribution in [0, 0.1) is 11.7 Å². The molecule has 1 fully saturated rings. The van der Waals surface area contributed by atoms with E-state index < -0.39 is 39.7 Å². The fourth-order valence-corrected chi connectivity index (χ4v) is 4.29. The van der Waals surface area contributed by atoms with Gasteiger partial charge in [0.1, 0.15) is 5.82 Å². The summed E-state index contributed by atoms with van der Waals surface area (Å²) in [6, 6.07) is 7.71. The molecule has 0 radical (unpaired) electrons. The number of likely N-dealkylation sites (N-methyl/N-ethyl adjacent to an activating group) is 1. The van der Waals surface area contributed by atoms with Gasteiger partial charge in [-0.25, -0.2) is 17.1 Å². The summed E-state index contributed by atoms with van der Waals surface area (Å²) in [5.41, 5.74) is 6.05. The Kier molecular flexibility index (Phi) is 5.87. The van der Waals surface area contributed by atoms with Crippen molar-refractivity contribution in [3.8, 4) is 5.69 Å². The van der Waals surface area contributed by atoms with Crippen LogP contribution in [0.25, 0.3) is 5.69 Å². The molecule has 2 unspecified atom stereocenters. The number of carbonyl (C=O) groups excluding carboxylic acids is 1. The summed E-state index contributed by atoms with van der Waals surface area (Å²) in [7, 11) is -2.00. The Balaban J connectivity index is 1.73. The molecule has 1 aromatic heterocycles. The van der Waals surface area contributed by atoms with Crippen molar-refractivity contribution in [2.24, 2.45) is 11.7 Å². The van der Waals surface area contributed by atoms with Crippen LogP contribution in [0.1, 0.15) is 12.8 Å². The lowest BCUT2D eigenvalue weighted by Gasteiger charge is -2.25. The zero-order valence-electron chi connectivity index (χ0n) is 16.1. The number of sulfonamides is 1. The lowest BCUT2D eigenvalue weighted by Crippen LogP contribution is -2.44. The van der Waals surface area contributed by atoms with Crippen molar-refractivity contribution in [3.05, 3.63) is 58.8 Å². The number of rotatable bonds is 5. The third-order valence-corrected chi connectivity index (χ3v) is 6.57. The second kappa shape index (κ2) is 8.05. The summed E-state index contributed by atoms with van der Waals surface area (Å²) in [5, 5.41) is 2.54. The number of nitrogens with one attached hydrogen (secondary N) is 1. The molecule has 1 aliphatic rings. The van der Waals surface area contributed by atoms with Gasteiger partial charge in [0, 0.05) is 43.4 Å². The Hall–Kier alpha value is -2.56. The number of anilines is 1. The van der Waals surface area contributed by atoms with Gasteiger partial charge in [-0.05, 0) is 31.0 Å². The molecule has 10 heteroatoms. The van der Waals surface area contributed by atoms with E-state index in [-0.39, 0.29) is 17.7 Å². The van der Waals surface area contributed by atoms with E-state index in [1.807, 2.05) is 0 Å². The topological polar surface area (TPSA) is 114 Å². The molecule has 1 aromatic carbocycles. The molecule has 1 aliphatic carbocycles. The lowest BCUT2D eigenvalue weighted by molar-refractivity contribution is -0.119. The van der Waals surface area contributed by atoms with Crippen LogP contribution in [0.4, 0.5) is 10.1 Å². The first-order valence-electron chi connectivity index (χ1n) is 9.05. The van der Waals surface area contributed by atoms with Crippen molar-refractivity contribution in [1.29, 1.82) is 0 Å². The van der Waals surface area contributed by atoms with Crippen LogP contribution in [0.3, 0.4) is 0 Å². The first kappa shape index (κ1) is 21.2. The number of halogens is 1. The van der Waals surface area contributed by atoms with Gasteiger partial charge in [0.15, 0.2) is 0 Å². The minimum atomic E-state index is -3.43. The number of benzene rings is 1. The third-order valence-electron chi connectivity index (χ3n) is 5.25. The Morgan fingerprint density at radius 2 is 2.00 bits per heavy atom. The zero-order valence-corrected chi connectivity index (χ0v) is 16.9. The van der Waals surface area contributed by atoms with Crippen LogP contribution in [0.15, 0.2) is 47.4 Å². The Bertz CT molecular complexity index is 1090. The van der Waals surface area contributed by atoms with Gasteiger partial charge in [-0.3, -0.25) is 14.2 Å². The molecule has 8 nitrogen and oxygen atoms in total. The molecule has 3 N–H and O–H groups in total. The quantitative estimate of drug-likeness (QED) is 0.743. The molecule has 0 aliphatic heterocycles. The predicted molar refractivity (Wildman–Crippen MR) is 108 cm³/mol. The van der Waals surface area contributed by atoms with E-state index >= 15 is 0 Å². The van der Waals surface area contributed by atoms with E-state index in [1.54, 1.807) is 12.1 Å². The van der Waals surface area contributed by atoms with Crippen molar-refractivity contribution in [1.82, 2.24) is 8.87 Å². The monoisotopic (exact) mass is 422 g/mol. The summed E-state index contributed by atoms with van der Waals surface area (Å²) >= 11 is 0. The van der Waals surface area contributed by atoms with Crippen molar-refractivity contribution in [2.45, 2.75) is 24.9 Å². The maximum absolute atomic E-state index is 14.5. The number of nitrogens with two attached hydrogens (primary N) is 1. The largest absolute Gasteiger partial charge is 0.326 e. The van der Waals surface area contributed by atoms with Crippen LogP contribution in [-0.2, 0) is 14.8 Å². The van der Waals surface area contributed by atoms with Crippen molar-refractivity contribution < 1.29 is 17.6 Å². The molecule has 3 atom stereocenters. The summed E-state index contributed by atoms with van der Waals surface area (Å²) in [6.45, 7) is 0. The number of hydrogen-bond acceptors (Lipinski definition) is 5. The van der Waals surface area contributed by atoms with Crippen LogP contribution >= 0.6 is 0 Å². The molecule has 29 heavy (non-hydrogen) atoms. The minimum absolute atomic E-state index is 0.0174. The maximum Gasteiger partial charge on any atom is 0.255 e. The highest BCUT2D eigenvalue weighted by atomic mass is 32.2. The highest BCUT2D eigenvalue weighted by Gasteiger charge is 2.40. The Labute approximate surface area is 168 Å². The SMILES string of the molecule is CN(C1CC(C(=O)Nc2ccc(-n3ccccc3=O)cc2F)C[C@@H]1N)S(C)(=O)=O. The second-order valence-corrected chi connectivity index (χ2v) is 9.28. The molecule has 0 bridgehead atoms. The summed E-state index contributed by atoms with van der Waals surface area (Å²) < 4.78 is 40.5. The summed E-state index contributed by atoms with van der Waals surface area (Å²) in [5.74, 6) is -1.64. The Morgan fingerprint density at radius 1 is 1.28 bits per heavy atom. The summed E-state index contributed by atoms with van der Waals surface area (Å²) in [6.07, 6.45) is 3.17. The van der Waals surface area contributed by atoms with Gasteiger partial charge in [0.05, 0.1) is 17.6 Å². The standard InChI is InChI=1S/C19H23FN4O4S/c1-23(29(2,27)28)17-10-12(9-15(17)21)19(26)22-16-7-6-13(11-14(16)20)24-8-4-3-5-18(24)25/h3-8,11-12,15,17H,9-10,21H2,1-2H3,(H,22,26)/t12?,15-,17?/m0/s1. The Morgan fingerprint density at radius 3 is 2.62 bits per heavy atom. The van der Waals surface area contributed by atoms with E-state index in [1.165, 1.54) is 40.3 Å². The first-order chi connectivity index (χ1) is 13.6. The van der Waals surface area contributed by atoms with Crippen molar-refractivity contribution >= 4 is 21.6 Å². The number of aromatic nitrogens is 1. The summed E-state index contributed by atoms with van der Waals surface area (Å²) in [4.78, 5) is 24.4. The van der Waals surface area contributed by atoms with E-state index in [9.17, 15) is 22.4 Å². The van der Waals surface area contributed by atoms with Gasteiger partial charge in [-0.15, -0.1) is 0 Å². The maximum atomic E-state index is 14.5. The van der Waals surface area contributed by atoms with Crippen LogP contribution in [-0.4, -0.2) is 48.6 Å². The molecule has 156 valence electrons. The number of pyridine rings is 1. The van der Waals surface area contributed by atoms with Gasteiger partial charge in [-0.1, -0.05) is 6.07 Å². The molecule has 1 heterocycles. The first-order valence-corrected chi connectivity index (χ1v) is 10.9. The number of hydrogen-bond donors (Lipinski definition) is 2. The fourth-order valence-electron chi connectivity index (χ4n) is 3.56. The van der Waals surface area contributed by atoms with Crippen LogP contribution < -0.4 is 16.6 Å². The lowest BCUT2D eigenvalue weighted by atomic mass is 10.1. The van der Waals surface area contributed by atoms with Crippen molar-refractivity contribution in [3.63, 3.8) is 0 Å². The number of amides is 1. The molecule has 1 amide bonds. The van der Waals surface area contributed by atoms with Gasteiger partial charge < -0.3 is 11.1 Å². The molecule has 0 spiro atoms. The van der Waals surface area contributed by atoms with E-state index in [0.717, 1.165) is 12.3 Å².